The van der Waals surface area contributed by atoms with Crippen molar-refractivity contribution in [3.63, 3.8) is 0 Å². The van der Waals surface area contributed by atoms with Crippen LogP contribution in [0.1, 0.15) is 66.2 Å². The first-order valence-electron chi connectivity index (χ1n) is 13.3. The number of aliphatic carboxylic acids is 1. The van der Waals surface area contributed by atoms with E-state index in [-0.39, 0.29) is 30.6 Å². The highest BCUT2D eigenvalue weighted by Crippen LogP contribution is 2.20. The van der Waals surface area contributed by atoms with Crippen molar-refractivity contribution in [1.29, 1.82) is 0 Å². The Balaban J connectivity index is 2.90. The van der Waals surface area contributed by atoms with Crippen molar-refractivity contribution in [2.75, 3.05) is 19.7 Å². The zero-order chi connectivity index (χ0) is 29.0. The second-order valence-electron chi connectivity index (χ2n) is 10.6. The summed E-state index contributed by atoms with van der Waals surface area (Å²) in [6.07, 6.45) is 2.50. The summed E-state index contributed by atoms with van der Waals surface area (Å²) in [6, 6.07) is -5.19. The summed E-state index contributed by atoms with van der Waals surface area (Å²) >= 11 is 0. The number of aliphatic hydroxyl groups is 1. The third kappa shape index (κ3) is 10.2. The summed E-state index contributed by atoms with van der Waals surface area (Å²) in [7, 11) is 0. The Morgan fingerprint density at radius 3 is 2.08 bits per heavy atom. The molecule has 0 aliphatic carbocycles. The fraction of sp³-hybridized carbons (Fsp3) is 0.800. The molecule has 13 nitrogen and oxygen atoms in total. The normalized spacial score (nSPS) is 18.6. The molecule has 0 aromatic carbocycles. The zero-order valence-electron chi connectivity index (χ0n) is 22.9. The van der Waals surface area contributed by atoms with Gasteiger partial charge in [0.25, 0.3) is 0 Å². The Hall–Kier alpha value is -2.77. The summed E-state index contributed by atoms with van der Waals surface area (Å²) in [5, 5.41) is 26.8. The average Bonchev–Trinajstić information content (AvgIpc) is 3.34. The molecule has 38 heavy (non-hydrogen) atoms. The third-order valence-corrected chi connectivity index (χ3v) is 6.56. The molecule has 1 aliphatic rings. The van der Waals surface area contributed by atoms with Gasteiger partial charge in [-0.1, -0.05) is 27.7 Å². The molecular formula is C25H46N6O7. The van der Waals surface area contributed by atoms with Crippen LogP contribution in [0.5, 0.6) is 0 Å². The van der Waals surface area contributed by atoms with Crippen molar-refractivity contribution < 1.29 is 34.2 Å². The van der Waals surface area contributed by atoms with E-state index in [1.165, 1.54) is 4.90 Å². The van der Waals surface area contributed by atoms with Crippen molar-refractivity contribution in [3.05, 3.63) is 0 Å². The Morgan fingerprint density at radius 2 is 1.55 bits per heavy atom. The second-order valence-corrected chi connectivity index (χ2v) is 10.6. The first-order valence-corrected chi connectivity index (χ1v) is 13.3. The van der Waals surface area contributed by atoms with Gasteiger partial charge in [-0.2, -0.15) is 0 Å². The van der Waals surface area contributed by atoms with Crippen LogP contribution in [-0.4, -0.2) is 94.6 Å². The number of carboxylic acid groups (broad SMARTS) is 1. The number of nitrogens with zero attached hydrogens (tertiary/aromatic N) is 1. The molecule has 1 fully saturated rings. The largest absolute Gasteiger partial charge is 0.480 e. The first kappa shape index (κ1) is 33.3. The number of likely N-dealkylation sites (tertiary alicyclic amines) is 1. The van der Waals surface area contributed by atoms with E-state index in [1.54, 1.807) is 0 Å². The van der Waals surface area contributed by atoms with Crippen molar-refractivity contribution in [2.45, 2.75) is 96.4 Å². The number of unbranched alkanes of at least 4 members (excludes halogenated alkanes) is 1. The van der Waals surface area contributed by atoms with Gasteiger partial charge in [0, 0.05) is 6.54 Å². The van der Waals surface area contributed by atoms with Crippen LogP contribution in [0.25, 0.3) is 0 Å². The number of carboxylic acids is 1. The molecule has 1 rings (SSSR count). The van der Waals surface area contributed by atoms with Gasteiger partial charge in [0.1, 0.15) is 24.2 Å². The Labute approximate surface area is 224 Å². The monoisotopic (exact) mass is 542 g/mol. The van der Waals surface area contributed by atoms with Gasteiger partial charge in [0.05, 0.1) is 12.6 Å². The van der Waals surface area contributed by atoms with E-state index in [0.29, 0.717) is 38.8 Å². The molecule has 0 unspecified atom stereocenters. The predicted molar refractivity (Wildman–Crippen MR) is 140 cm³/mol. The smallest absolute Gasteiger partial charge is 0.326 e. The van der Waals surface area contributed by atoms with Gasteiger partial charge in [0.15, 0.2) is 0 Å². The predicted octanol–water partition coefficient (Wildman–Crippen LogP) is -1.33. The highest BCUT2D eigenvalue weighted by molar-refractivity contribution is 5.95. The summed E-state index contributed by atoms with van der Waals surface area (Å²) in [5.74, 6) is -3.77. The molecule has 0 radical (unpaired) electrons. The molecule has 0 aromatic heterocycles. The van der Waals surface area contributed by atoms with Crippen LogP contribution in [0.4, 0.5) is 0 Å². The highest BCUT2D eigenvalue weighted by atomic mass is 16.4. The van der Waals surface area contributed by atoms with Gasteiger partial charge >= 0.3 is 5.97 Å². The molecule has 1 saturated heterocycles. The number of nitrogens with one attached hydrogen (secondary N) is 3. The lowest BCUT2D eigenvalue weighted by Gasteiger charge is -2.29. The molecule has 0 bridgehead atoms. The van der Waals surface area contributed by atoms with Crippen LogP contribution in [0.2, 0.25) is 0 Å². The Bertz CT molecular complexity index is 822. The minimum absolute atomic E-state index is 0.0306. The van der Waals surface area contributed by atoms with E-state index in [0.717, 1.165) is 0 Å². The topological polar surface area (TPSA) is 217 Å². The van der Waals surface area contributed by atoms with Gasteiger partial charge in [-0.25, -0.2) is 4.79 Å². The number of rotatable bonds is 16. The summed E-state index contributed by atoms with van der Waals surface area (Å²) in [6.45, 7) is 7.31. The van der Waals surface area contributed by atoms with Gasteiger partial charge in [-0.15, -0.1) is 0 Å². The van der Waals surface area contributed by atoms with Crippen LogP contribution in [0.15, 0.2) is 0 Å². The van der Waals surface area contributed by atoms with E-state index in [1.807, 2.05) is 27.7 Å². The fourth-order valence-corrected chi connectivity index (χ4v) is 4.24. The number of hydrogen-bond acceptors (Lipinski definition) is 8. The van der Waals surface area contributed by atoms with Gasteiger partial charge in [0.2, 0.25) is 23.6 Å². The number of carbonyl (C=O) groups is 5. The Kier molecular flexibility index (Phi) is 14.2. The number of nitrogens with two attached hydrogens (primary N) is 2. The average molecular weight is 543 g/mol. The molecule has 13 heteroatoms. The van der Waals surface area contributed by atoms with Crippen LogP contribution in [-0.2, 0) is 24.0 Å². The molecule has 0 saturated carbocycles. The second kappa shape index (κ2) is 16.2. The van der Waals surface area contributed by atoms with E-state index >= 15 is 0 Å². The number of hydrogen-bond donors (Lipinski definition) is 7. The molecular weight excluding hydrogens is 496 g/mol. The van der Waals surface area contributed by atoms with Gasteiger partial charge < -0.3 is 42.5 Å². The molecule has 9 N–H and O–H groups in total. The quantitative estimate of drug-likeness (QED) is 0.115. The molecule has 218 valence electrons. The van der Waals surface area contributed by atoms with Gasteiger partial charge in [-0.3, -0.25) is 19.2 Å². The maximum absolute atomic E-state index is 13.0. The molecule has 1 heterocycles. The molecule has 5 atom stereocenters. The summed E-state index contributed by atoms with van der Waals surface area (Å²) in [5.41, 5.74) is 11.4. The van der Waals surface area contributed by atoms with Crippen LogP contribution >= 0.6 is 0 Å². The lowest BCUT2D eigenvalue weighted by atomic mass is 10.0. The van der Waals surface area contributed by atoms with E-state index < -0.39 is 60.5 Å². The van der Waals surface area contributed by atoms with Crippen LogP contribution in [0, 0.1) is 11.8 Å². The van der Waals surface area contributed by atoms with Crippen LogP contribution in [0.3, 0.4) is 0 Å². The fourth-order valence-electron chi connectivity index (χ4n) is 4.24. The van der Waals surface area contributed by atoms with E-state index in [9.17, 15) is 34.2 Å². The molecule has 0 aromatic rings. The molecule has 1 aliphatic heterocycles. The number of aliphatic hydroxyl groups excluding tert-OH is 1. The van der Waals surface area contributed by atoms with E-state index in [4.69, 9.17) is 11.5 Å². The molecule has 4 amide bonds. The van der Waals surface area contributed by atoms with Crippen molar-refractivity contribution >= 4 is 29.6 Å². The number of carbonyl (C=O) groups excluding carboxylic acids is 4. The first-order chi connectivity index (χ1) is 17.8. The minimum atomic E-state index is -1.37. The molecule has 0 spiro atoms. The summed E-state index contributed by atoms with van der Waals surface area (Å²) < 4.78 is 0. The SMILES string of the molecule is CC(C)C[C@H](NC(=O)[C@H](CO)NC(=O)[C@@H]1CCCN1C(=O)[C@@H](N)C(C)C)C(=O)N[C@@H](CCCCN)C(=O)O. The van der Waals surface area contributed by atoms with Crippen LogP contribution < -0.4 is 27.4 Å². The standard InChI is InChI=1S/C25H46N6O7/c1-14(2)12-17(21(33)28-16(25(37)38)8-5-6-10-26)29-22(34)18(13-32)30-23(35)19-9-7-11-31(19)24(36)20(27)15(3)4/h14-20,32H,5-13,26-27H2,1-4H3,(H,28,33)(H,29,34)(H,30,35)(H,37,38)/t16-,17-,18-,19-,20-/m0/s1. The lowest BCUT2D eigenvalue weighted by Crippen LogP contribution is -2.59. The van der Waals surface area contributed by atoms with E-state index in [2.05, 4.69) is 16.0 Å². The number of amides is 4. The third-order valence-electron chi connectivity index (χ3n) is 6.56. The minimum Gasteiger partial charge on any atom is -0.480 e. The zero-order valence-corrected chi connectivity index (χ0v) is 22.9. The summed E-state index contributed by atoms with van der Waals surface area (Å²) in [4.78, 5) is 64.6. The van der Waals surface area contributed by atoms with Crippen molar-refractivity contribution in [3.8, 4) is 0 Å². The maximum Gasteiger partial charge on any atom is 0.326 e. The lowest BCUT2D eigenvalue weighted by molar-refractivity contribution is -0.142. The van der Waals surface area contributed by atoms with Gasteiger partial charge in [-0.05, 0) is 56.9 Å². The van der Waals surface area contributed by atoms with Crippen molar-refractivity contribution in [1.82, 2.24) is 20.9 Å². The maximum atomic E-state index is 13.0. The van der Waals surface area contributed by atoms with Crippen molar-refractivity contribution in [2.24, 2.45) is 23.3 Å². The Morgan fingerprint density at radius 1 is 0.947 bits per heavy atom. The highest BCUT2D eigenvalue weighted by Gasteiger charge is 2.38.